The van der Waals surface area contributed by atoms with Crippen molar-refractivity contribution in [3.63, 3.8) is 0 Å². The van der Waals surface area contributed by atoms with Gasteiger partial charge >= 0.3 is 0 Å². The van der Waals surface area contributed by atoms with Crippen molar-refractivity contribution in [2.45, 2.75) is 43.7 Å². The number of hydrogen-bond donors (Lipinski definition) is 2. The van der Waals surface area contributed by atoms with E-state index < -0.39 is 16.1 Å². The van der Waals surface area contributed by atoms with Crippen LogP contribution in [0.2, 0.25) is 0 Å². The Balaban J connectivity index is 1.90. The van der Waals surface area contributed by atoms with Gasteiger partial charge in [-0.1, -0.05) is 13.0 Å². The summed E-state index contributed by atoms with van der Waals surface area (Å²) in [5, 5.41) is 0. The van der Waals surface area contributed by atoms with Crippen molar-refractivity contribution in [1.82, 2.24) is 9.62 Å². The monoisotopic (exact) mass is 468 g/mol. The van der Waals surface area contributed by atoms with Gasteiger partial charge < -0.3 is 25.0 Å². The highest BCUT2D eigenvalue weighted by Gasteiger charge is 2.33. The fourth-order valence-corrected chi connectivity index (χ4v) is 5.58. The van der Waals surface area contributed by atoms with Crippen molar-refractivity contribution in [1.29, 1.82) is 0 Å². The summed E-state index contributed by atoms with van der Waals surface area (Å²) >= 11 is 0. The van der Waals surface area contributed by atoms with E-state index in [1.165, 1.54) is 6.07 Å². The first-order chi connectivity index (χ1) is 15.3. The summed E-state index contributed by atoms with van der Waals surface area (Å²) < 4.78 is 39.9. The van der Waals surface area contributed by atoms with Crippen LogP contribution in [-0.4, -0.2) is 83.3 Å². The first-order valence-corrected chi connectivity index (χ1v) is 12.4. The molecule has 2 aliphatic rings. The van der Waals surface area contributed by atoms with Gasteiger partial charge in [0.05, 0.1) is 43.8 Å². The second-order valence-corrected chi connectivity index (χ2v) is 9.56. The van der Waals surface area contributed by atoms with E-state index >= 15 is 0 Å². The smallest absolute Gasteiger partial charge is 0.242 e. The van der Waals surface area contributed by atoms with Gasteiger partial charge in [-0.3, -0.25) is 9.59 Å². The molecule has 2 aliphatic heterocycles. The highest BCUT2D eigenvalue weighted by molar-refractivity contribution is 7.89. The van der Waals surface area contributed by atoms with Gasteiger partial charge in [-0.15, -0.1) is 0 Å². The molecule has 2 fully saturated rings. The number of hydrogen-bond acceptors (Lipinski definition) is 7. The number of morpholine rings is 1. The topological polar surface area (TPSA) is 131 Å². The zero-order valence-corrected chi connectivity index (χ0v) is 19.4. The first kappa shape index (κ1) is 24.6. The Labute approximate surface area is 189 Å². The Morgan fingerprint density at radius 1 is 1.25 bits per heavy atom. The highest BCUT2D eigenvalue weighted by Crippen LogP contribution is 2.29. The first-order valence-electron chi connectivity index (χ1n) is 10.9. The fourth-order valence-electron chi connectivity index (χ4n) is 4.05. The quantitative estimate of drug-likeness (QED) is 0.569. The number of carbonyl (C=O) groups is 2. The molecule has 3 rings (SSSR count). The number of nitrogens with zero attached hydrogens (tertiary/aromatic N) is 2. The van der Waals surface area contributed by atoms with Crippen molar-refractivity contribution in [3.8, 4) is 0 Å². The molecule has 0 aliphatic carbocycles. The molecular formula is C21H32N4O6S. The van der Waals surface area contributed by atoms with Gasteiger partial charge in [0.1, 0.15) is 6.04 Å². The van der Waals surface area contributed by atoms with Crippen molar-refractivity contribution in [2.75, 3.05) is 51.0 Å². The Bertz CT molecular complexity index is 938. The van der Waals surface area contributed by atoms with E-state index in [9.17, 15) is 18.0 Å². The van der Waals surface area contributed by atoms with E-state index in [2.05, 4.69) is 4.72 Å². The van der Waals surface area contributed by atoms with Crippen LogP contribution >= 0.6 is 0 Å². The average molecular weight is 469 g/mol. The van der Waals surface area contributed by atoms with E-state index in [1.54, 1.807) is 21.9 Å². The largest absolute Gasteiger partial charge is 0.379 e. The second-order valence-electron chi connectivity index (χ2n) is 7.88. The number of ether oxygens (including phenoxy) is 2. The van der Waals surface area contributed by atoms with Crippen LogP contribution in [0.5, 0.6) is 0 Å². The highest BCUT2D eigenvalue weighted by atomic mass is 32.2. The summed E-state index contributed by atoms with van der Waals surface area (Å²) in [7, 11) is -4.08. The van der Waals surface area contributed by atoms with E-state index in [0.717, 1.165) is 0 Å². The molecule has 0 saturated carbocycles. The molecule has 32 heavy (non-hydrogen) atoms. The van der Waals surface area contributed by atoms with Gasteiger partial charge in [-0.25, -0.2) is 8.42 Å². The molecule has 2 amide bonds. The molecule has 1 aromatic rings. The van der Waals surface area contributed by atoms with Gasteiger partial charge in [0.25, 0.3) is 0 Å². The molecule has 0 radical (unpaired) electrons. The number of nitrogens with two attached hydrogens (primary N) is 1. The summed E-state index contributed by atoms with van der Waals surface area (Å²) in [4.78, 5) is 28.8. The summed E-state index contributed by atoms with van der Waals surface area (Å²) in [6.07, 6.45) is 0.624. The molecule has 0 aromatic heterocycles. The van der Waals surface area contributed by atoms with E-state index in [1.807, 2.05) is 13.8 Å². The van der Waals surface area contributed by atoms with Crippen molar-refractivity contribution in [2.24, 2.45) is 5.73 Å². The molecule has 2 heterocycles. The molecule has 0 bridgehead atoms. The predicted molar refractivity (Wildman–Crippen MR) is 119 cm³/mol. The van der Waals surface area contributed by atoms with Gasteiger partial charge in [0.2, 0.25) is 21.8 Å². The Kier molecular flexibility index (Phi) is 8.23. The van der Waals surface area contributed by atoms with E-state index in [4.69, 9.17) is 15.2 Å². The van der Waals surface area contributed by atoms with Crippen molar-refractivity contribution in [3.05, 3.63) is 23.8 Å². The molecule has 0 unspecified atom stereocenters. The molecule has 2 saturated heterocycles. The van der Waals surface area contributed by atoms with Crippen LogP contribution in [0.15, 0.2) is 23.1 Å². The lowest BCUT2D eigenvalue weighted by Crippen LogP contribution is -2.57. The zero-order chi connectivity index (χ0) is 23.3. The zero-order valence-electron chi connectivity index (χ0n) is 18.6. The lowest BCUT2D eigenvalue weighted by Gasteiger charge is -2.35. The maximum atomic E-state index is 13.3. The number of carbonyl (C=O) groups excluding carboxylic acids is 2. The maximum absolute atomic E-state index is 13.3. The summed E-state index contributed by atoms with van der Waals surface area (Å²) in [6, 6.07) is 3.56. The van der Waals surface area contributed by atoms with Crippen LogP contribution in [0.1, 0.15) is 25.8 Å². The third kappa shape index (κ3) is 5.29. The number of anilines is 1. The third-order valence-corrected chi connectivity index (χ3v) is 7.30. The van der Waals surface area contributed by atoms with Gasteiger partial charge in [-0.2, -0.15) is 4.72 Å². The number of amides is 2. The van der Waals surface area contributed by atoms with Crippen molar-refractivity contribution >= 4 is 27.5 Å². The Hall–Kier alpha value is -2.05. The molecular weight excluding hydrogens is 436 g/mol. The standard InChI is InChI=1S/C21H32N4O6S/c1-3-16-18(25-9-11-30-10-7-20(25)26)5-4-6-19(16)32(28,29)23-17(13-22)21(27)24-8-12-31-14-15(24)2/h4-6,15,17,23H,3,7-14,22H2,1-2H3/t15-,17-/m0/s1. The molecule has 2 atom stereocenters. The molecule has 10 nitrogen and oxygen atoms in total. The fraction of sp³-hybridized carbons (Fsp3) is 0.619. The number of nitrogens with one attached hydrogen (secondary N) is 1. The molecule has 1 aromatic carbocycles. The van der Waals surface area contributed by atoms with Crippen LogP contribution in [0.4, 0.5) is 5.69 Å². The molecule has 11 heteroatoms. The lowest BCUT2D eigenvalue weighted by atomic mass is 10.1. The average Bonchev–Trinajstić information content (AvgIpc) is 3.00. The number of sulfonamides is 1. The molecule has 178 valence electrons. The third-order valence-electron chi connectivity index (χ3n) is 5.74. The SMILES string of the molecule is CCc1c(N2CCOCCC2=O)cccc1S(=O)(=O)N[C@@H](CN)C(=O)N1CCOC[C@@H]1C. The van der Waals surface area contributed by atoms with Crippen LogP contribution in [0, 0.1) is 0 Å². The summed E-state index contributed by atoms with van der Waals surface area (Å²) in [6.45, 7) is 5.75. The number of benzene rings is 1. The minimum atomic E-state index is -4.08. The Morgan fingerprint density at radius 3 is 2.69 bits per heavy atom. The van der Waals surface area contributed by atoms with Crippen LogP contribution in [0.25, 0.3) is 0 Å². The summed E-state index contributed by atoms with van der Waals surface area (Å²) in [5.41, 5.74) is 6.85. The van der Waals surface area contributed by atoms with Crippen LogP contribution in [-0.2, 0) is 35.5 Å². The lowest BCUT2D eigenvalue weighted by molar-refractivity contribution is -0.140. The molecule has 0 spiro atoms. The predicted octanol–water partition coefficient (Wildman–Crippen LogP) is -0.145. The molecule has 3 N–H and O–H groups in total. The van der Waals surface area contributed by atoms with Gasteiger partial charge in [0, 0.05) is 25.3 Å². The van der Waals surface area contributed by atoms with Crippen LogP contribution in [0.3, 0.4) is 0 Å². The van der Waals surface area contributed by atoms with E-state index in [0.29, 0.717) is 57.2 Å². The minimum absolute atomic E-state index is 0.0386. The minimum Gasteiger partial charge on any atom is -0.379 e. The normalized spacial score (nSPS) is 21.3. The van der Waals surface area contributed by atoms with Crippen LogP contribution < -0.4 is 15.4 Å². The van der Waals surface area contributed by atoms with Gasteiger partial charge in [-0.05, 0) is 31.0 Å². The summed E-state index contributed by atoms with van der Waals surface area (Å²) in [5.74, 6) is -0.489. The van der Waals surface area contributed by atoms with Gasteiger partial charge in [0.15, 0.2) is 0 Å². The maximum Gasteiger partial charge on any atom is 0.242 e. The second kappa shape index (κ2) is 10.7. The van der Waals surface area contributed by atoms with Crippen molar-refractivity contribution < 1.29 is 27.5 Å². The van der Waals surface area contributed by atoms with E-state index in [-0.39, 0.29) is 35.7 Å². The number of rotatable bonds is 7. The Morgan fingerprint density at radius 2 is 2.00 bits per heavy atom.